The van der Waals surface area contributed by atoms with E-state index in [0.29, 0.717) is 11.3 Å². The number of aliphatic carboxylic acids is 2. The molecule has 0 aliphatic rings. The number of carbonyl (C=O) groups excluding carboxylic acids is 3. The summed E-state index contributed by atoms with van der Waals surface area (Å²) in [5.74, 6) is -5.27. The van der Waals surface area contributed by atoms with Crippen LogP contribution in [0.15, 0.2) is 43.0 Å². The first kappa shape index (κ1) is 29.2. The number of hydrogen-bond donors (Lipinski definition) is 9. The summed E-state index contributed by atoms with van der Waals surface area (Å²) in [6.45, 7) is 0. The monoisotopic (exact) mass is 559 g/mol. The standard InChI is InChI=1S/C24H29N7O7S/c25-15(10-39)21(34)29-18(6-13-9-26-11-28-13)23(36)30-17(22(35)31-19(24(37)38)7-20(32)33)5-12-8-27-16-4-2-1-3-14(12)16/h1-4,8-9,11,15,17-19,27,39H,5-7,10,25H2,(H,26,28)(H,29,34)(H,30,36)(H,31,35)(H,32,33)(H,37,38). The van der Waals surface area contributed by atoms with Crippen molar-refractivity contribution in [3.05, 3.63) is 54.2 Å². The number of amides is 3. The minimum absolute atomic E-state index is 0.0188. The van der Waals surface area contributed by atoms with Crippen molar-refractivity contribution in [3.63, 3.8) is 0 Å². The van der Waals surface area contributed by atoms with Crippen molar-refractivity contribution in [3.8, 4) is 0 Å². The van der Waals surface area contributed by atoms with Gasteiger partial charge in [0.25, 0.3) is 0 Å². The summed E-state index contributed by atoms with van der Waals surface area (Å²) in [6, 6.07) is 2.00. The Bertz CT molecular complexity index is 1330. The average Bonchev–Trinajstić information content (AvgIpc) is 3.56. The molecule has 0 spiro atoms. The number of carbonyl (C=O) groups is 5. The Kier molecular flexibility index (Phi) is 10.1. The van der Waals surface area contributed by atoms with Crippen molar-refractivity contribution in [1.82, 2.24) is 30.9 Å². The Balaban J connectivity index is 1.88. The predicted molar refractivity (Wildman–Crippen MR) is 142 cm³/mol. The number of carboxylic acids is 2. The fraction of sp³-hybridized carbons (Fsp3) is 0.333. The maximum Gasteiger partial charge on any atom is 0.326 e. The molecule has 3 rings (SSSR count). The van der Waals surface area contributed by atoms with Crippen LogP contribution in [0.5, 0.6) is 0 Å². The summed E-state index contributed by atoms with van der Waals surface area (Å²) in [7, 11) is 0. The number of aromatic nitrogens is 3. The van der Waals surface area contributed by atoms with Crippen molar-refractivity contribution in [2.75, 3.05) is 5.75 Å². The summed E-state index contributed by atoms with van der Waals surface area (Å²) in [5.41, 5.74) is 7.67. The van der Waals surface area contributed by atoms with Gasteiger partial charge in [-0.15, -0.1) is 0 Å². The first-order valence-electron chi connectivity index (χ1n) is 11.8. The smallest absolute Gasteiger partial charge is 0.326 e. The third-order valence-electron chi connectivity index (χ3n) is 5.87. The van der Waals surface area contributed by atoms with Crippen molar-refractivity contribution >= 4 is 53.2 Å². The zero-order chi connectivity index (χ0) is 28.5. The van der Waals surface area contributed by atoms with Crippen molar-refractivity contribution < 1.29 is 34.2 Å². The molecule has 2 aromatic heterocycles. The molecule has 2 heterocycles. The lowest BCUT2D eigenvalue weighted by atomic mass is 10.0. The van der Waals surface area contributed by atoms with Gasteiger partial charge in [-0.3, -0.25) is 19.2 Å². The van der Waals surface area contributed by atoms with Crippen LogP contribution in [0.1, 0.15) is 17.7 Å². The number of rotatable bonds is 14. The minimum atomic E-state index is -1.73. The number of carboxylic acid groups (broad SMARTS) is 2. The van der Waals surface area contributed by atoms with Gasteiger partial charge in [0.2, 0.25) is 17.7 Å². The molecule has 0 fully saturated rings. The molecule has 3 aromatic rings. The highest BCUT2D eigenvalue weighted by Gasteiger charge is 2.32. The van der Waals surface area contributed by atoms with Crippen LogP contribution in [0, 0.1) is 0 Å². The van der Waals surface area contributed by atoms with E-state index in [1.165, 1.54) is 12.5 Å². The van der Waals surface area contributed by atoms with E-state index < -0.39 is 60.2 Å². The molecule has 208 valence electrons. The number of thiol groups is 1. The van der Waals surface area contributed by atoms with Gasteiger partial charge in [-0.2, -0.15) is 12.6 Å². The molecule has 15 heteroatoms. The van der Waals surface area contributed by atoms with Gasteiger partial charge in [0.15, 0.2) is 0 Å². The molecule has 4 unspecified atom stereocenters. The number of hydrogen-bond acceptors (Lipinski definition) is 8. The second-order valence-corrected chi connectivity index (χ2v) is 9.12. The third-order valence-corrected chi connectivity index (χ3v) is 6.26. The van der Waals surface area contributed by atoms with E-state index in [1.54, 1.807) is 12.3 Å². The molecule has 0 saturated heterocycles. The molecule has 3 amide bonds. The zero-order valence-corrected chi connectivity index (χ0v) is 21.5. The molecule has 0 bridgehead atoms. The number of nitrogens with two attached hydrogens (primary N) is 1. The van der Waals surface area contributed by atoms with Crippen LogP contribution in [-0.4, -0.2) is 84.7 Å². The summed E-state index contributed by atoms with van der Waals surface area (Å²) in [5, 5.41) is 26.5. The Morgan fingerprint density at radius 1 is 0.923 bits per heavy atom. The quantitative estimate of drug-likeness (QED) is 0.109. The fourth-order valence-corrected chi connectivity index (χ4v) is 4.00. The highest BCUT2D eigenvalue weighted by Crippen LogP contribution is 2.19. The molecule has 39 heavy (non-hydrogen) atoms. The largest absolute Gasteiger partial charge is 0.481 e. The van der Waals surface area contributed by atoms with Crippen molar-refractivity contribution in [2.45, 2.75) is 43.4 Å². The number of aromatic amines is 2. The molecule has 0 radical (unpaired) electrons. The third kappa shape index (κ3) is 8.05. The van der Waals surface area contributed by atoms with Gasteiger partial charge < -0.3 is 41.9 Å². The number of nitrogens with one attached hydrogen (secondary N) is 5. The lowest BCUT2D eigenvalue weighted by Crippen LogP contribution is -2.58. The number of para-hydroxylation sites is 1. The van der Waals surface area contributed by atoms with Crippen molar-refractivity contribution in [2.24, 2.45) is 5.73 Å². The van der Waals surface area contributed by atoms with Gasteiger partial charge >= 0.3 is 11.9 Å². The minimum Gasteiger partial charge on any atom is -0.481 e. The summed E-state index contributed by atoms with van der Waals surface area (Å²) in [6.07, 6.45) is 3.56. The normalized spacial score (nSPS) is 14.1. The van der Waals surface area contributed by atoms with Crippen LogP contribution in [0.4, 0.5) is 0 Å². The van der Waals surface area contributed by atoms with Gasteiger partial charge in [-0.1, -0.05) is 18.2 Å². The maximum absolute atomic E-state index is 13.4. The predicted octanol–water partition coefficient (Wildman–Crippen LogP) is -1.05. The Morgan fingerprint density at radius 3 is 2.18 bits per heavy atom. The van der Waals surface area contributed by atoms with Crippen LogP contribution >= 0.6 is 12.6 Å². The van der Waals surface area contributed by atoms with Gasteiger partial charge in [0, 0.05) is 47.6 Å². The maximum atomic E-state index is 13.4. The summed E-state index contributed by atoms with van der Waals surface area (Å²) >= 11 is 4.00. The highest BCUT2D eigenvalue weighted by atomic mass is 32.1. The highest BCUT2D eigenvalue weighted by molar-refractivity contribution is 7.80. The molecule has 0 aliphatic carbocycles. The number of nitrogens with zero attached hydrogens (tertiary/aromatic N) is 1. The Morgan fingerprint density at radius 2 is 1.56 bits per heavy atom. The van der Waals surface area contributed by atoms with E-state index in [4.69, 9.17) is 10.8 Å². The number of H-pyrrole nitrogens is 2. The Labute approximate surface area is 227 Å². The van der Waals surface area contributed by atoms with E-state index >= 15 is 0 Å². The molecule has 0 aliphatic heterocycles. The van der Waals surface area contributed by atoms with E-state index in [9.17, 15) is 29.1 Å². The lowest BCUT2D eigenvalue weighted by molar-refractivity contribution is -0.147. The van der Waals surface area contributed by atoms with Crippen LogP contribution < -0.4 is 21.7 Å². The van der Waals surface area contributed by atoms with Gasteiger partial charge in [0.1, 0.15) is 18.1 Å². The summed E-state index contributed by atoms with van der Waals surface area (Å²) in [4.78, 5) is 71.6. The van der Waals surface area contributed by atoms with Gasteiger partial charge in [0.05, 0.1) is 18.8 Å². The number of imidazole rings is 1. The lowest BCUT2D eigenvalue weighted by Gasteiger charge is -2.25. The number of benzene rings is 1. The topological polar surface area (TPSA) is 232 Å². The van der Waals surface area contributed by atoms with Crippen LogP contribution in [0.25, 0.3) is 10.9 Å². The summed E-state index contributed by atoms with van der Waals surface area (Å²) < 4.78 is 0. The SMILES string of the molecule is NC(CS)C(=O)NC(Cc1cnc[nH]1)C(=O)NC(Cc1c[nH]c2ccccc12)C(=O)NC(CC(=O)O)C(=O)O. The van der Waals surface area contributed by atoms with Gasteiger partial charge in [-0.25, -0.2) is 9.78 Å². The average molecular weight is 560 g/mol. The fourth-order valence-electron chi connectivity index (χ4n) is 3.84. The molecular formula is C24H29N7O7S. The molecule has 0 saturated carbocycles. The molecule has 9 N–H and O–H groups in total. The van der Waals surface area contributed by atoms with E-state index in [0.717, 1.165) is 10.9 Å². The first-order chi connectivity index (χ1) is 18.6. The molecular weight excluding hydrogens is 530 g/mol. The van der Waals surface area contributed by atoms with Crippen LogP contribution in [0.2, 0.25) is 0 Å². The van der Waals surface area contributed by atoms with Crippen LogP contribution in [-0.2, 0) is 36.8 Å². The molecule has 14 nitrogen and oxygen atoms in total. The van der Waals surface area contributed by atoms with E-state index in [1.807, 2.05) is 18.2 Å². The van der Waals surface area contributed by atoms with Crippen LogP contribution in [0.3, 0.4) is 0 Å². The first-order valence-corrected chi connectivity index (χ1v) is 12.5. The molecule has 4 atom stereocenters. The second-order valence-electron chi connectivity index (χ2n) is 8.75. The second kappa shape index (κ2) is 13.4. The zero-order valence-electron chi connectivity index (χ0n) is 20.6. The van der Waals surface area contributed by atoms with Gasteiger partial charge in [-0.05, 0) is 11.6 Å². The van der Waals surface area contributed by atoms with E-state index in [-0.39, 0.29) is 18.6 Å². The number of fused-ring (bicyclic) bond motifs is 1. The Hall–Kier alpha value is -4.37. The molecule has 1 aromatic carbocycles. The van der Waals surface area contributed by atoms with E-state index in [2.05, 4.69) is 43.5 Å². The van der Waals surface area contributed by atoms with Crippen molar-refractivity contribution in [1.29, 1.82) is 0 Å².